The molecule has 11 heteroatoms. The summed E-state index contributed by atoms with van der Waals surface area (Å²) in [5.74, 6) is 0.783. The van der Waals surface area contributed by atoms with Crippen molar-refractivity contribution >= 4 is 23.7 Å². The maximum absolute atomic E-state index is 12.8. The number of imide groups is 1. The third kappa shape index (κ3) is 4.29. The zero-order valence-corrected chi connectivity index (χ0v) is 15.9. The van der Waals surface area contributed by atoms with E-state index in [4.69, 9.17) is 4.52 Å². The summed E-state index contributed by atoms with van der Waals surface area (Å²) in [5.41, 5.74) is -1.49. The lowest BCUT2D eigenvalue weighted by molar-refractivity contribution is -0.137. The van der Waals surface area contributed by atoms with Gasteiger partial charge in [-0.25, -0.2) is 4.79 Å². The number of benzene rings is 1. The van der Waals surface area contributed by atoms with Crippen LogP contribution in [0.4, 0.5) is 18.0 Å². The molecular formula is C17H17F3N4O3S. The van der Waals surface area contributed by atoms with Gasteiger partial charge in [0.2, 0.25) is 11.7 Å². The highest BCUT2D eigenvalue weighted by Crippen LogP contribution is 2.31. The van der Waals surface area contributed by atoms with Crippen molar-refractivity contribution in [1.82, 2.24) is 20.4 Å². The van der Waals surface area contributed by atoms with Crippen molar-refractivity contribution in [3.63, 3.8) is 0 Å². The summed E-state index contributed by atoms with van der Waals surface area (Å²) in [6.07, 6.45) is -4.45. The number of nitrogens with one attached hydrogen (secondary N) is 1. The third-order valence-electron chi connectivity index (χ3n) is 4.05. The van der Waals surface area contributed by atoms with Crippen LogP contribution in [0.2, 0.25) is 0 Å². The molecule has 1 aromatic carbocycles. The number of hydrogen-bond donors (Lipinski definition) is 1. The topological polar surface area (TPSA) is 88.3 Å². The van der Waals surface area contributed by atoms with E-state index in [9.17, 15) is 22.8 Å². The minimum Gasteiger partial charge on any atom is -0.338 e. The second kappa shape index (κ2) is 7.46. The van der Waals surface area contributed by atoms with Crippen molar-refractivity contribution in [2.45, 2.75) is 31.3 Å². The maximum Gasteiger partial charge on any atom is 0.416 e. The molecule has 0 aliphatic carbocycles. The standard InChI is InChI=1S/C17H17F3N4O3S/c1-16(2)14(25)24(15(26)22-16)6-7-28-9-12-21-13(23-27-12)10-4-3-5-11(8-10)17(18,19)20/h3-5,8H,6-7,9H2,1-2H3,(H,22,26). The minimum atomic E-state index is -4.45. The summed E-state index contributed by atoms with van der Waals surface area (Å²) in [6.45, 7) is 3.50. The number of carbonyl (C=O) groups excluding carboxylic acids is 2. The fourth-order valence-electron chi connectivity index (χ4n) is 2.60. The molecule has 1 aliphatic heterocycles. The molecule has 0 atom stereocenters. The van der Waals surface area contributed by atoms with Gasteiger partial charge in [0.1, 0.15) is 5.54 Å². The van der Waals surface area contributed by atoms with Crippen molar-refractivity contribution in [2.75, 3.05) is 12.3 Å². The number of alkyl halides is 3. The van der Waals surface area contributed by atoms with Gasteiger partial charge >= 0.3 is 12.2 Å². The minimum absolute atomic E-state index is 0.0672. The Kier molecular flexibility index (Phi) is 5.37. The first-order valence-electron chi connectivity index (χ1n) is 8.30. The molecule has 0 bridgehead atoms. The summed E-state index contributed by atoms with van der Waals surface area (Å²) < 4.78 is 43.5. The van der Waals surface area contributed by atoms with Crippen molar-refractivity contribution in [2.24, 2.45) is 0 Å². The van der Waals surface area contributed by atoms with E-state index in [1.807, 2.05) is 0 Å². The molecule has 2 aromatic rings. The van der Waals surface area contributed by atoms with E-state index in [-0.39, 0.29) is 29.7 Å². The van der Waals surface area contributed by atoms with Crippen LogP contribution >= 0.6 is 11.8 Å². The molecule has 28 heavy (non-hydrogen) atoms. The lowest BCUT2D eigenvalue weighted by Gasteiger charge is -2.15. The Morgan fingerprint density at radius 3 is 2.68 bits per heavy atom. The number of rotatable bonds is 6. The van der Waals surface area contributed by atoms with Crippen LogP contribution in [0.15, 0.2) is 28.8 Å². The predicted molar refractivity (Wildman–Crippen MR) is 95.2 cm³/mol. The van der Waals surface area contributed by atoms with Gasteiger partial charge in [0.05, 0.1) is 11.3 Å². The molecule has 0 radical (unpaired) electrons. The molecule has 2 heterocycles. The Bertz CT molecular complexity index is 898. The third-order valence-corrected chi connectivity index (χ3v) is 4.97. The van der Waals surface area contributed by atoms with E-state index in [0.29, 0.717) is 11.5 Å². The van der Waals surface area contributed by atoms with Crippen molar-refractivity contribution < 1.29 is 27.3 Å². The molecule has 1 aromatic heterocycles. The highest BCUT2D eigenvalue weighted by Gasteiger charge is 2.43. The van der Waals surface area contributed by atoms with Gasteiger partial charge < -0.3 is 9.84 Å². The van der Waals surface area contributed by atoms with E-state index in [0.717, 1.165) is 17.0 Å². The number of carbonyl (C=O) groups is 2. The molecule has 1 N–H and O–H groups in total. The van der Waals surface area contributed by atoms with Gasteiger partial charge in [-0.05, 0) is 26.0 Å². The number of aromatic nitrogens is 2. The normalized spacial score (nSPS) is 16.5. The molecule has 1 saturated heterocycles. The molecule has 7 nitrogen and oxygen atoms in total. The monoisotopic (exact) mass is 414 g/mol. The average Bonchev–Trinajstić information content (AvgIpc) is 3.15. The zero-order valence-electron chi connectivity index (χ0n) is 15.0. The number of nitrogens with zero attached hydrogens (tertiary/aromatic N) is 3. The number of hydrogen-bond acceptors (Lipinski definition) is 6. The van der Waals surface area contributed by atoms with Gasteiger partial charge in [-0.3, -0.25) is 9.69 Å². The molecular weight excluding hydrogens is 397 g/mol. The molecule has 150 valence electrons. The molecule has 1 fully saturated rings. The van der Waals surface area contributed by atoms with E-state index < -0.39 is 23.3 Å². The van der Waals surface area contributed by atoms with Crippen LogP contribution in [0.1, 0.15) is 25.3 Å². The van der Waals surface area contributed by atoms with E-state index in [2.05, 4.69) is 15.5 Å². The molecule has 3 amide bonds. The highest BCUT2D eigenvalue weighted by molar-refractivity contribution is 7.98. The van der Waals surface area contributed by atoms with Crippen LogP contribution in [-0.2, 0) is 16.7 Å². The fourth-order valence-corrected chi connectivity index (χ4v) is 3.35. The number of urea groups is 1. The van der Waals surface area contributed by atoms with Gasteiger partial charge in [-0.1, -0.05) is 17.3 Å². The number of amides is 3. The van der Waals surface area contributed by atoms with E-state index in [1.54, 1.807) is 13.8 Å². The largest absolute Gasteiger partial charge is 0.416 e. The zero-order chi connectivity index (χ0) is 20.5. The second-order valence-corrected chi connectivity index (χ2v) is 7.76. The fraction of sp³-hybridized carbons (Fsp3) is 0.412. The molecule has 1 aliphatic rings. The first-order valence-corrected chi connectivity index (χ1v) is 9.45. The Morgan fingerprint density at radius 2 is 2.04 bits per heavy atom. The van der Waals surface area contributed by atoms with E-state index in [1.165, 1.54) is 23.9 Å². The lowest BCUT2D eigenvalue weighted by atomic mass is 10.1. The summed E-state index contributed by atoms with van der Waals surface area (Å²) in [7, 11) is 0. The van der Waals surface area contributed by atoms with Crippen LogP contribution in [-0.4, -0.2) is 44.8 Å². The van der Waals surface area contributed by atoms with Gasteiger partial charge in [0.25, 0.3) is 5.91 Å². The van der Waals surface area contributed by atoms with Crippen molar-refractivity contribution in [1.29, 1.82) is 0 Å². The highest BCUT2D eigenvalue weighted by atomic mass is 32.2. The lowest BCUT2D eigenvalue weighted by Crippen LogP contribution is -2.40. The first-order chi connectivity index (χ1) is 13.1. The molecule has 3 rings (SSSR count). The molecule has 0 saturated carbocycles. The second-order valence-electron chi connectivity index (χ2n) is 6.65. The van der Waals surface area contributed by atoms with Gasteiger partial charge in [-0.2, -0.15) is 29.9 Å². The van der Waals surface area contributed by atoms with Crippen LogP contribution in [0.3, 0.4) is 0 Å². The summed E-state index contributed by atoms with van der Waals surface area (Å²) in [5, 5.41) is 6.31. The smallest absolute Gasteiger partial charge is 0.338 e. The van der Waals surface area contributed by atoms with Gasteiger partial charge in [-0.15, -0.1) is 0 Å². The summed E-state index contributed by atoms with van der Waals surface area (Å²) in [4.78, 5) is 29.1. The van der Waals surface area contributed by atoms with Gasteiger partial charge in [0.15, 0.2) is 0 Å². The number of thioether (sulfide) groups is 1. The van der Waals surface area contributed by atoms with Gasteiger partial charge in [0, 0.05) is 17.9 Å². The van der Waals surface area contributed by atoms with Crippen molar-refractivity contribution in [3.05, 3.63) is 35.7 Å². The summed E-state index contributed by atoms with van der Waals surface area (Å²) >= 11 is 1.36. The quantitative estimate of drug-likeness (QED) is 0.576. The SMILES string of the molecule is CC1(C)NC(=O)N(CCSCc2nc(-c3cccc(C(F)(F)F)c3)no2)C1=O. The Hall–Kier alpha value is -2.56. The Balaban J connectivity index is 1.55. The maximum atomic E-state index is 12.8. The van der Waals surface area contributed by atoms with Crippen LogP contribution in [0, 0.1) is 0 Å². The van der Waals surface area contributed by atoms with E-state index >= 15 is 0 Å². The van der Waals surface area contributed by atoms with Crippen LogP contribution < -0.4 is 5.32 Å². The molecule has 0 unspecified atom stereocenters. The van der Waals surface area contributed by atoms with Crippen molar-refractivity contribution in [3.8, 4) is 11.4 Å². The Morgan fingerprint density at radius 1 is 1.29 bits per heavy atom. The summed E-state index contributed by atoms with van der Waals surface area (Å²) in [6, 6.07) is 4.25. The van der Waals surface area contributed by atoms with Crippen LogP contribution in [0.5, 0.6) is 0 Å². The van der Waals surface area contributed by atoms with Crippen LogP contribution in [0.25, 0.3) is 11.4 Å². The first kappa shape index (κ1) is 20.2. The molecule has 0 spiro atoms. The average molecular weight is 414 g/mol. The number of halogens is 3. The Labute approximate surface area is 162 Å². The predicted octanol–water partition coefficient (Wildman–Crippen LogP) is 3.32.